The Morgan fingerprint density at radius 3 is 2.75 bits per heavy atom. The number of nitrogens with zero attached hydrogens (tertiary/aromatic N) is 2. The molecule has 5 heteroatoms. The Morgan fingerprint density at radius 2 is 1.95 bits per heavy atom. The summed E-state index contributed by atoms with van der Waals surface area (Å²) in [5.41, 5.74) is 1.08. The van der Waals surface area contributed by atoms with Crippen molar-refractivity contribution in [1.82, 2.24) is 14.8 Å². The third kappa shape index (κ3) is 2.43. The second kappa shape index (κ2) is 5.50. The number of rotatable bonds is 3. The Balaban J connectivity index is 2.15. The van der Waals surface area contributed by atoms with E-state index in [9.17, 15) is 0 Å². The SMILES string of the molecule is CCCn1c(-c2ccc3cc(Br)ccc3c2)n[nH]c1=S. The quantitative estimate of drug-likeness (QED) is 0.681. The van der Waals surface area contributed by atoms with Crippen LogP contribution < -0.4 is 0 Å². The molecule has 0 radical (unpaired) electrons. The molecule has 0 saturated heterocycles. The van der Waals surface area contributed by atoms with Crippen molar-refractivity contribution in [2.45, 2.75) is 19.9 Å². The number of halogens is 1. The average Bonchev–Trinajstić information content (AvgIpc) is 2.80. The molecule has 2 aromatic carbocycles. The van der Waals surface area contributed by atoms with E-state index < -0.39 is 0 Å². The molecular formula is C15H14BrN3S. The van der Waals surface area contributed by atoms with Gasteiger partial charge in [-0.25, -0.2) is 0 Å². The van der Waals surface area contributed by atoms with Crippen LogP contribution >= 0.6 is 28.1 Å². The monoisotopic (exact) mass is 347 g/mol. The molecule has 0 bridgehead atoms. The lowest BCUT2D eigenvalue weighted by Crippen LogP contribution is -1.99. The number of hydrogen-bond donors (Lipinski definition) is 1. The molecule has 102 valence electrons. The van der Waals surface area contributed by atoms with E-state index in [0.29, 0.717) is 4.77 Å². The van der Waals surface area contributed by atoms with Gasteiger partial charge in [0.2, 0.25) is 0 Å². The molecule has 0 spiro atoms. The summed E-state index contributed by atoms with van der Waals surface area (Å²) < 4.78 is 3.82. The van der Waals surface area contributed by atoms with Gasteiger partial charge in [0.1, 0.15) is 0 Å². The van der Waals surface area contributed by atoms with Crippen molar-refractivity contribution in [3.8, 4) is 11.4 Å². The van der Waals surface area contributed by atoms with Crippen LogP contribution in [0.5, 0.6) is 0 Å². The first-order chi connectivity index (χ1) is 9.69. The van der Waals surface area contributed by atoms with Crippen LogP contribution in [0.1, 0.15) is 13.3 Å². The smallest absolute Gasteiger partial charge is 0.195 e. The predicted octanol–water partition coefficient (Wildman–Crippen LogP) is 4.93. The minimum absolute atomic E-state index is 0.678. The lowest BCUT2D eigenvalue weighted by Gasteiger charge is -2.06. The highest BCUT2D eigenvalue weighted by molar-refractivity contribution is 9.10. The molecule has 20 heavy (non-hydrogen) atoms. The number of hydrogen-bond acceptors (Lipinski definition) is 2. The summed E-state index contributed by atoms with van der Waals surface area (Å²) in [4.78, 5) is 0. The van der Waals surface area contributed by atoms with E-state index in [1.807, 2.05) is 0 Å². The number of benzene rings is 2. The molecule has 0 amide bonds. The number of aromatic amines is 1. The molecule has 0 aliphatic heterocycles. The number of H-pyrrole nitrogens is 1. The number of nitrogens with one attached hydrogen (secondary N) is 1. The van der Waals surface area contributed by atoms with Crippen molar-refractivity contribution < 1.29 is 0 Å². The maximum atomic E-state index is 5.29. The van der Waals surface area contributed by atoms with Crippen LogP contribution in [-0.4, -0.2) is 14.8 Å². The molecule has 1 N–H and O–H groups in total. The summed E-state index contributed by atoms with van der Waals surface area (Å²) in [6, 6.07) is 12.6. The van der Waals surface area contributed by atoms with Crippen LogP contribution in [0.2, 0.25) is 0 Å². The summed E-state index contributed by atoms with van der Waals surface area (Å²) in [6.07, 6.45) is 1.03. The van der Waals surface area contributed by atoms with Crippen LogP contribution in [0, 0.1) is 4.77 Å². The first-order valence-corrected chi connectivity index (χ1v) is 7.74. The van der Waals surface area contributed by atoms with E-state index in [2.05, 4.69) is 74.0 Å². The van der Waals surface area contributed by atoms with Gasteiger partial charge in [-0.1, -0.05) is 41.1 Å². The Labute approximate surface area is 130 Å². The fraction of sp³-hybridized carbons (Fsp3) is 0.200. The fourth-order valence-corrected chi connectivity index (χ4v) is 2.93. The first-order valence-electron chi connectivity index (χ1n) is 6.54. The van der Waals surface area contributed by atoms with Crippen molar-refractivity contribution in [2.24, 2.45) is 0 Å². The highest BCUT2D eigenvalue weighted by atomic mass is 79.9. The van der Waals surface area contributed by atoms with Crippen molar-refractivity contribution in [3.63, 3.8) is 0 Å². The second-order valence-electron chi connectivity index (χ2n) is 4.71. The average molecular weight is 348 g/mol. The molecular weight excluding hydrogens is 334 g/mol. The van der Waals surface area contributed by atoms with E-state index in [1.54, 1.807) is 0 Å². The normalized spacial score (nSPS) is 11.1. The molecule has 0 fully saturated rings. The predicted molar refractivity (Wildman–Crippen MR) is 88.3 cm³/mol. The van der Waals surface area contributed by atoms with Crippen molar-refractivity contribution in [3.05, 3.63) is 45.6 Å². The van der Waals surface area contributed by atoms with Crippen LogP contribution in [-0.2, 0) is 6.54 Å². The lowest BCUT2D eigenvalue weighted by molar-refractivity contribution is 0.675. The standard InChI is InChI=1S/C15H14BrN3S/c1-2-7-19-14(17-18-15(19)20)12-4-3-11-9-13(16)6-5-10(11)8-12/h3-6,8-9H,2,7H2,1H3,(H,18,20). The highest BCUT2D eigenvalue weighted by Crippen LogP contribution is 2.25. The molecule has 0 atom stereocenters. The fourth-order valence-electron chi connectivity index (χ4n) is 2.32. The third-order valence-corrected chi connectivity index (χ3v) is 4.07. The van der Waals surface area contributed by atoms with Gasteiger partial charge in [-0.2, -0.15) is 5.10 Å². The Bertz CT molecular complexity index is 819. The topological polar surface area (TPSA) is 33.6 Å². The molecule has 0 unspecified atom stereocenters. The molecule has 1 heterocycles. The van der Waals surface area contributed by atoms with Crippen LogP contribution in [0.25, 0.3) is 22.2 Å². The van der Waals surface area contributed by atoms with Crippen LogP contribution in [0.15, 0.2) is 40.9 Å². The van der Waals surface area contributed by atoms with Gasteiger partial charge in [-0.15, -0.1) is 0 Å². The molecule has 3 rings (SSSR count). The number of aromatic nitrogens is 3. The second-order valence-corrected chi connectivity index (χ2v) is 6.01. The van der Waals surface area contributed by atoms with Gasteiger partial charge in [0, 0.05) is 16.6 Å². The summed E-state index contributed by atoms with van der Waals surface area (Å²) in [5, 5.41) is 9.66. The minimum Gasteiger partial charge on any atom is -0.300 e. The van der Waals surface area contributed by atoms with Gasteiger partial charge >= 0.3 is 0 Å². The molecule has 0 aliphatic rings. The summed E-state index contributed by atoms with van der Waals surface area (Å²) >= 11 is 8.79. The zero-order chi connectivity index (χ0) is 14.1. The van der Waals surface area contributed by atoms with Gasteiger partial charge < -0.3 is 4.57 Å². The Morgan fingerprint density at radius 1 is 1.20 bits per heavy atom. The van der Waals surface area contributed by atoms with Gasteiger partial charge in [0.05, 0.1) is 0 Å². The lowest BCUT2D eigenvalue weighted by atomic mass is 10.1. The van der Waals surface area contributed by atoms with E-state index in [0.717, 1.165) is 28.8 Å². The molecule has 1 aromatic heterocycles. The van der Waals surface area contributed by atoms with Gasteiger partial charge in [-0.05, 0) is 47.6 Å². The van der Waals surface area contributed by atoms with Gasteiger partial charge in [0.15, 0.2) is 10.6 Å². The summed E-state index contributed by atoms with van der Waals surface area (Å²) in [7, 11) is 0. The summed E-state index contributed by atoms with van der Waals surface area (Å²) in [6.45, 7) is 3.01. The molecule has 0 aliphatic carbocycles. The Kier molecular flexibility index (Phi) is 3.72. The van der Waals surface area contributed by atoms with Crippen molar-refractivity contribution in [2.75, 3.05) is 0 Å². The van der Waals surface area contributed by atoms with Gasteiger partial charge in [-0.3, -0.25) is 5.10 Å². The molecule has 3 nitrogen and oxygen atoms in total. The van der Waals surface area contributed by atoms with Crippen molar-refractivity contribution in [1.29, 1.82) is 0 Å². The minimum atomic E-state index is 0.678. The van der Waals surface area contributed by atoms with Crippen LogP contribution in [0.4, 0.5) is 0 Å². The largest absolute Gasteiger partial charge is 0.300 e. The maximum Gasteiger partial charge on any atom is 0.195 e. The molecule has 3 aromatic rings. The van der Waals surface area contributed by atoms with E-state index in [-0.39, 0.29) is 0 Å². The van der Waals surface area contributed by atoms with E-state index in [4.69, 9.17) is 12.2 Å². The summed E-state index contributed by atoms with van der Waals surface area (Å²) in [5.74, 6) is 0.904. The zero-order valence-electron chi connectivity index (χ0n) is 11.1. The zero-order valence-corrected chi connectivity index (χ0v) is 13.5. The maximum absolute atomic E-state index is 5.29. The molecule has 0 saturated carbocycles. The number of fused-ring (bicyclic) bond motifs is 1. The van der Waals surface area contributed by atoms with E-state index >= 15 is 0 Å². The highest BCUT2D eigenvalue weighted by Gasteiger charge is 2.08. The van der Waals surface area contributed by atoms with Gasteiger partial charge in [0.25, 0.3) is 0 Å². The first kappa shape index (κ1) is 13.5. The van der Waals surface area contributed by atoms with Crippen molar-refractivity contribution >= 4 is 38.9 Å². The van der Waals surface area contributed by atoms with Crippen LogP contribution in [0.3, 0.4) is 0 Å². The van der Waals surface area contributed by atoms with E-state index in [1.165, 1.54) is 10.8 Å². The Hall–Kier alpha value is -1.46. The third-order valence-electron chi connectivity index (χ3n) is 3.27.